The quantitative estimate of drug-likeness (QED) is 0.646. The average Bonchev–Trinajstić information content (AvgIpc) is 2.89. The minimum absolute atomic E-state index is 0.0532. The Bertz CT molecular complexity index is 894. The molecule has 0 unspecified atom stereocenters. The lowest BCUT2D eigenvalue weighted by molar-refractivity contribution is -0.134. The normalized spacial score (nSPS) is 26.3. The molecular weight excluding hydrogens is 398 g/mol. The van der Waals surface area contributed by atoms with E-state index in [1.807, 2.05) is 6.92 Å². The summed E-state index contributed by atoms with van der Waals surface area (Å²) in [6, 6.07) is 0.854. The summed E-state index contributed by atoms with van der Waals surface area (Å²) >= 11 is 0. The zero-order valence-electron chi connectivity index (χ0n) is 16.8. The van der Waals surface area contributed by atoms with Crippen molar-refractivity contribution in [2.24, 2.45) is 5.92 Å². The highest BCUT2D eigenvalue weighted by Crippen LogP contribution is 2.31. The summed E-state index contributed by atoms with van der Waals surface area (Å²) in [5.41, 5.74) is -2.23. The maximum Gasteiger partial charge on any atom is 0.325 e. The second kappa shape index (κ2) is 8.37. The minimum Gasteiger partial charge on any atom is -0.335 e. The fraction of sp³-hybridized carbons (Fsp3) is 0.500. The fourth-order valence-electron chi connectivity index (χ4n) is 3.95. The smallest absolute Gasteiger partial charge is 0.325 e. The number of carbonyl (C=O) groups is 4. The highest BCUT2D eigenvalue weighted by molar-refractivity contribution is 6.10. The van der Waals surface area contributed by atoms with E-state index in [2.05, 4.69) is 16.0 Å². The van der Waals surface area contributed by atoms with Crippen LogP contribution in [0.1, 0.15) is 45.1 Å². The molecule has 2 aliphatic rings. The van der Waals surface area contributed by atoms with Crippen molar-refractivity contribution in [1.29, 1.82) is 0 Å². The van der Waals surface area contributed by atoms with Crippen molar-refractivity contribution in [1.82, 2.24) is 20.9 Å². The molecule has 0 radical (unpaired) electrons. The van der Waals surface area contributed by atoms with Crippen molar-refractivity contribution in [3.8, 4) is 0 Å². The summed E-state index contributed by atoms with van der Waals surface area (Å²) in [5, 5.41) is 7.14. The van der Waals surface area contributed by atoms with Gasteiger partial charge in [0.2, 0.25) is 5.91 Å². The molecule has 6 amide bonds. The van der Waals surface area contributed by atoms with E-state index in [-0.39, 0.29) is 17.5 Å². The molecule has 0 bridgehead atoms. The second-order valence-corrected chi connectivity index (χ2v) is 7.96. The molecule has 1 saturated heterocycles. The lowest BCUT2D eigenvalue weighted by Crippen LogP contribution is -2.50. The molecule has 3 N–H and O–H groups in total. The van der Waals surface area contributed by atoms with Crippen molar-refractivity contribution in [3.05, 3.63) is 35.4 Å². The van der Waals surface area contributed by atoms with Gasteiger partial charge in [-0.05, 0) is 43.9 Å². The van der Waals surface area contributed by atoms with E-state index in [9.17, 15) is 28.0 Å². The lowest BCUT2D eigenvalue weighted by atomic mass is 9.86. The number of halogens is 2. The maximum atomic E-state index is 14.2. The zero-order valence-corrected chi connectivity index (χ0v) is 16.8. The van der Waals surface area contributed by atoms with E-state index in [4.69, 9.17) is 0 Å². The Morgan fingerprint density at radius 3 is 2.63 bits per heavy atom. The van der Waals surface area contributed by atoms with Gasteiger partial charge < -0.3 is 10.6 Å². The number of nitrogens with one attached hydrogen (secondary N) is 3. The van der Waals surface area contributed by atoms with Crippen LogP contribution in [0, 0.1) is 17.6 Å². The topological polar surface area (TPSA) is 108 Å². The van der Waals surface area contributed by atoms with Gasteiger partial charge in [-0.2, -0.15) is 0 Å². The molecule has 8 nitrogen and oxygen atoms in total. The van der Waals surface area contributed by atoms with Crippen LogP contribution in [0.25, 0.3) is 0 Å². The molecule has 1 aliphatic carbocycles. The minimum atomic E-state index is -1.87. The number of urea groups is 2. The van der Waals surface area contributed by atoms with E-state index in [1.165, 1.54) is 6.92 Å². The molecule has 1 aromatic rings. The first-order valence-electron chi connectivity index (χ1n) is 9.82. The number of benzene rings is 1. The standard InChI is InChI=1S/C20H24F2N4O4/c1-11-5-3-4-6-15(11)23-18(29)24-16(27)10-26-17(28)20(2,25-19(26)30)13-9-12(21)7-8-14(13)22/h7-9,11,15H,3-6,10H2,1-2H3,(H,25,30)(H2,23,24,27,29)/t11-,15+,20+/m0/s1. The van der Waals surface area contributed by atoms with E-state index < -0.39 is 47.6 Å². The predicted molar refractivity (Wildman–Crippen MR) is 102 cm³/mol. The Hall–Kier alpha value is -3.04. The van der Waals surface area contributed by atoms with Crippen LogP contribution in [0.3, 0.4) is 0 Å². The van der Waals surface area contributed by atoms with Gasteiger partial charge in [-0.25, -0.2) is 18.4 Å². The summed E-state index contributed by atoms with van der Waals surface area (Å²) < 4.78 is 27.7. The third kappa shape index (κ3) is 4.27. The van der Waals surface area contributed by atoms with Crippen LogP contribution in [0.5, 0.6) is 0 Å². The van der Waals surface area contributed by atoms with Gasteiger partial charge in [0.1, 0.15) is 23.7 Å². The number of hydrogen-bond acceptors (Lipinski definition) is 4. The molecule has 10 heteroatoms. The lowest BCUT2D eigenvalue weighted by Gasteiger charge is -2.29. The van der Waals surface area contributed by atoms with E-state index in [1.54, 1.807) is 0 Å². The molecule has 3 atom stereocenters. The number of imide groups is 2. The molecule has 30 heavy (non-hydrogen) atoms. The van der Waals surface area contributed by atoms with Gasteiger partial charge in [0, 0.05) is 11.6 Å². The monoisotopic (exact) mass is 422 g/mol. The maximum absolute atomic E-state index is 14.2. The largest absolute Gasteiger partial charge is 0.335 e. The van der Waals surface area contributed by atoms with E-state index in [0.717, 1.165) is 43.9 Å². The highest BCUT2D eigenvalue weighted by atomic mass is 19.1. The van der Waals surface area contributed by atoms with Crippen molar-refractivity contribution in [2.45, 2.75) is 51.1 Å². The van der Waals surface area contributed by atoms with Crippen LogP contribution in [0.15, 0.2) is 18.2 Å². The van der Waals surface area contributed by atoms with E-state index >= 15 is 0 Å². The summed E-state index contributed by atoms with van der Waals surface area (Å²) in [6.07, 6.45) is 3.88. The molecule has 1 aliphatic heterocycles. The third-order valence-corrected chi connectivity index (χ3v) is 5.72. The molecule has 1 aromatic carbocycles. The van der Waals surface area contributed by atoms with Crippen molar-refractivity contribution < 1.29 is 28.0 Å². The number of nitrogens with zero attached hydrogens (tertiary/aromatic N) is 1. The Kier molecular flexibility index (Phi) is 6.04. The molecular formula is C20H24F2N4O4. The van der Waals surface area contributed by atoms with Gasteiger partial charge in [0.05, 0.1) is 0 Å². The van der Waals surface area contributed by atoms with Crippen LogP contribution < -0.4 is 16.0 Å². The Morgan fingerprint density at radius 1 is 1.23 bits per heavy atom. The predicted octanol–water partition coefficient (Wildman–Crippen LogP) is 2.14. The molecule has 1 saturated carbocycles. The van der Waals surface area contributed by atoms with Gasteiger partial charge in [0.15, 0.2) is 0 Å². The first-order chi connectivity index (χ1) is 14.1. The summed E-state index contributed by atoms with van der Waals surface area (Å²) in [5.74, 6) is -3.16. The highest BCUT2D eigenvalue weighted by Gasteiger charge is 2.51. The summed E-state index contributed by atoms with van der Waals surface area (Å²) in [6.45, 7) is 2.51. The van der Waals surface area contributed by atoms with Gasteiger partial charge in [-0.15, -0.1) is 0 Å². The first-order valence-corrected chi connectivity index (χ1v) is 9.82. The van der Waals surface area contributed by atoms with Crippen LogP contribution >= 0.6 is 0 Å². The Morgan fingerprint density at radius 2 is 1.93 bits per heavy atom. The van der Waals surface area contributed by atoms with Gasteiger partial charge in [-0.3, -0.25) is 19.8 Å². The van der Waals surface area contributed by atoms with Crippen molar-refractivity contribution in [3.63, 3.8) is 0 Å². The molecule has 2 fully saturated rings. The first kappa shape index (κ1) is 21.7. The molecule has 0 aromatic heterocycles. The SMILES string of the molecule is C[C@H]1CCCC[C@H]1NC(=O)NC(=O)CN1C(=O)N[C@](C)(c2cc(F)ccc2F)C1=O. The number of amides is 6. The second-order valence-electron chi connectivity index (χ2n) is 7.96. The van der Waals surface area contributed by atoms with Gasteiger partial charge in [-0.1, -0.05) is 19.8 Å². The fourth-order valence-corrected chi connectivity index (χ4v) is 3.95. The van der Waals surface area contributed by atoms with Gasteiger partial charge >= 0.3 is 12.1 Å². The number of rotatable bonds is 4. The number of hydrogen-bond donors (Lipinski definition) is 3. The Labute approximate surface area is 172 Å². The van der Waals surface area contributed by atoms with Crippen LogP contribution in [-0.4, -0.2) is 41.4 Å². The molecule has 3 rings (SSSR count). The summed E-state index contributed by atoms with van der Waals surface area (Å²) in [4.78, 5) is 49.9. The molecule has 0 spiro atoms. The van der Waals surface area contributed by atoms with Crippen LogP contribution in [0.2, 0.25) is 0 Å². The molecule has 1 heterocycles. The van der Waals surface area contributed by atoms with Crippen molar-refractivity contribution in [2.75, 3.05) is 6.54 Å². The average molecular weight is 422 g/mol. The summed E-state index contributed by atoms with van der Waals surface area (Å²) in [7, 11) is 0. The molecule has 162 valence electrons. The zero-order chi connectivity index (χ0) is 22.1. The van der Waals surface area contributed by atoms with Gasteiger partial charge in [0.25, 0.3) is 5.91 Å². The van der Waals surface area contributed by atoms with Crippen molar-refractivity contribution >= 4 is 23.9 Å². The van der Waals surface area contributed by atoms with E-state index in [0.29, 0.717) is 4.90 Å². The third-order valence-electron chi connectivity index (χ3n) is 5.72. The van der Waals surface area contributed by atoms with Crippen LogP contribution in [-0.2, 0) is 15.1 Å². The Balaban J connectivity index is 1.64. The van der Waals surface area contributed by atoms with Crippen LogP contribution in [0.4, 0.5) is 18.4 Å². The number of carbonyl (C=O) groups excluding carboxylic acids is 4.